The number of halogens is 1. The molecule has 2 aromatic heterocycles. The minimum Gasteiger partial charge on any atom is -0.486 e. The highest BCUT2D eigenvalue weighted by atomic mass is 35.5. The van der Waals surface area contributed by atoms with Crippen molar-refractivity contribution in [1.29, 1.82) is 0 Å². The molecule has 1 N–H and O–H groups in total. The SMILES string of the molecule is O=C(Cc1csc(COc2ccc(Cl)cc2)n1)NCc1ccc(OC2CCCC2)nc1. The second-order valence-electron chi connectivity index (χ2n) is 7.46. The molecule has 1 aliphatic rings. The number of nitrogens with zero attached hydrogens (tertiary/aromatic N) is 2. The molecule has 6 nitrogen and oxygen atoms in total. The summed E-state index contributed by atoms with van der Waals surface area (Å²) >= 11 is 7.35. The maximum atomic E-state index is 12.3. The lowest BCUT2D eigenvalue weighted by atomic mass is 10.2. The molecule has 162 valence electrons. The van der Waals surface area contributed by atoms with Gasteiger partial charge in [0.2, 0.25) is 11.8 Å². The van der Waals surface area contributed by atoms with E-state index in [1.165, 1.54) is 24.2 Å². The van der Waals surface area contributed by atoms with Crippen molar-refractivity contribution in [2.75, 3.05) is 0 Å². The van der Waals surface area contributed by atoms with Gasteiger partial charge in [-0.15, -0.1) is 11.3 Å². The average Bonchev–Trinajstić information content (AvgIpc) is 3.45. The van der Waals surface area contributed by atoms with E-state index in [1.807, 2.05) is 29.6 Å². The summed E-state index contributed by atoms with van der Waals surface area (Å²) < 4.78 is 11.6. The molecule has 2 heterocycles. The molecule has 0 radical (unpaired) electrons. The van der Waals surface area contributed by atoms with Crippen LogP contribution in [0.4, 0.5) is 0 Å². The van der Waals surface area contributed by atoms with E-state index in [-0.39, 0.29) is 18.4 Å². The van der Waals surface area contributed by atoms with Crippen LogP contribution >= 0.6 is 22.9 Å². The van der Waals surface area contributed by atoms with Crippen LogP contribution in [-0.4, -0.2) is 22.0 Å². The highest BCUT2D eigenvalue weighted by Crippen LogP contribution is 2.23. The Labute approximate surface area is 190 Å². The Morgan fingerprint density at radius 1 is 1.16 bits per heavy atom. The number of hydrogen-bond acceptors (Lipinski definition) is 6. The second kappa shape index (κ2) is 10.6. The number of thiazole rings is 1. The molecule has 8 heteroatoms. The van der Waals surface area contributed by atoms with Gasteiger partial charge >= 0.3 is 0 Å². The molecule has 0 unspecified atom stereocenters. The molecular weight excluding hydrogens is 434 g/mol. The smallest absolute Gasteiger partial charge is 0.226 e. The van der Waals surface area contributed by atoms with E-state index in [2.05, 4.69) is 15.3 Å². The third-order valence-electron chi connectivity index (χ3n) is 4.99. The van der Waals surface area contributed by atoms with Crippen LogP contribution in [0.25, 0.3) is 0 Å². The first kappa shape index (κ1) is 21.6. The Kier molecular flexibility index (Phi) is 7.38. The number of aromatic nitrogens is 2. The third-order valence-corrected chi connectivity index (χ3v) is 6.12. The van der Waals surface area contributed by atoms with E-state index < -0.39 is 0 Å². The number of rotatable bonds is 9. The summed E-state index contributed by atoms with van der Waals surface area (Å²) in [5, 5.41) is 6.28. The van der Waals surface area contributed by atoms with Crippen molar-refractivity contribution in [3.8, 4) is 11.6 Å². The van der Waals surface area contributed by atoms with Gasteiger partial charge < -0.3 is 14.8 Å². The van der Waals surface area contributed by atoms with Crippen LogP contribution in [0.15, 0.2) is 48.0 Å². The zero-order valence-electron chi connectivity index (χ0n) is 17.1. The van der Waals surface area contributed by atoms with Gasteiger partial charge in [-0.05, 0) is 55.5 Å². The van der Waals surface area contributed by atoms with E-state index >= 15 is 0 Å². The zero-order chi connectivity index (χ0) is 21.5. The fourth-order valence-corrected chi connectivity index (χ4v) is 4.19. The van der Waals surface area contributed by atoms with Crippen molar-refractivity contribution in [2.24, 2.45) is 0 Å². The van der Waals surface area contributed by atoms with Crippen LogP contribution in [0, 0.1) is 0 Å². The van der Waals surface area contributed by atoms with Crippen molar-refractivity contribution in [3.63, 3.8) is 0 Å². The summed E-state index contributed by atoms with van der Waals surface area (Å²) in [6.45, 7) is 0.779. The van der Waals surface area contributed by atoms with Crippen LogP contribution in [-0.2, 0) is 24.4 Å². The lowest BCUT2D eigenvalue weighted by molar-refractivity contribution is -0.120. The highest BCUT2D eigenvalue weighted by Gasteiger charge is 2.16. The first-order valence-electron chi connectivity index (χ1n) is 10.3. The van der Waals surface area contributed by atoms with Gasteiger partial charge in [-0.1, -0.05) is 17.7 Å². The van der Waals surface area contributed by atoms with Gasteiger partial charge in [0.15, 0.2) is 0 Å². The maximum Gasteiger partial charge on any atom is 0.226 e. The Hall–Kier alpha value is -2.64. The molecular formula is C23H24ClN3O3S. The minimum absolute atomic E-state index is 0.0817. The van der Waals surface area contributed by atoms with E-state index in [9.17, 15) is 4.79 Å². The molecule has 1 aromatic carbocycles. The summed E-state index contributed by atoms with van der Waals surface area (Å²) in [7, 11) is 0. The van der Waals surface area contributed by atoms with Crippen LogP contribution in [0.2, 0.25) is 5.02 Å². The molecule has 1 fully saturated rings. The molecule has 0 spiro atoms. The Morgan fingerprint density at radius 2 is 1.97 bits per heavy atom. The van der Waals surface area contributed by atoms with Crippen LogP contribution in [0.3, 0.4) is 0 Å². The van der Waals surface area contributed by atoms with Gasteiger partial charge in [0.1, 0.15) is 23.5 Å². The van der Waals surface area contributed by atoms with Crippen molar-refractivity contribution >= 4 is 28.8 Å². The number of amides is 1. The van der Waals surface area contributed by atoms with E-state index in [0.29, 0.717) is 24.1 Å². The van der Waals surface area contributed by atoms with Gasteiger partial charge in [0.05, 0.1) is 12.1 Å². The highest BCUT2D eigenvalue weighted by molar-refractivity contribution is 7.09. The Bertz CT molecular complexity index is 986. The molecule has 0 aliphatic heterocycles. The predicted molar refractivity (Wildman–Crippen MR) is 121 cm³/mol. The predicted octanol–water partition coefficient (Wildman–Crippen LogP) is 4.95. The van der Waals surface area contributed by atoms with Gasteiger partial charge in [-0.2, -0.15) is 0 Å². The van der Waals surface area contributed by atoms with Crippen LogP contribution < -0.4 is 14.8 Å². The number of pyridine rings is 1. The van der Waals surface area contributed by atoms with E-state index in [4.69, 9.17) is 21.1 Å². The van der Waals surface area contributed by atoms with E-state index in [0.717, 1.165) is 34.9 Å². The summed E-state index contributed by atoms with van der Waals surface area (Å²) in [4.78, 5) is 21.1. The summed E-state index contributed by atoms with van der Waals surface area (Å²) in [6, 6.07) is 11.0. The Morgan fingerprint density at radius 3 is 2.71 bits per heavy atom. The van der Waals surface area contributed by atoms with Crippen LogP contribution in [0.1, 0.15) is 41.9 Å². The number of nitrogens with one attached hydrogen (secondary N) is 1. The second-order valence-corrected chi connectivity index (χ2v) is 8.84. The number of ether oxygens (including phenoxy) is 2. The topological polar surface area (TPSA) is 73.3 Å². The number of carbonyl (C=O) groups is 1. The molecule has 31 heavy (non-hydrogen) atoms. The quantitative estimate of drug-likeness (QED) is 0.492. The normalized spacial score (nSPS) is 13.8. The van der Waals surface area contributed by atoms with Crippen molar-refractivity contribution < 1.29 is 14.3 Å². The standard InChI is InChI=1S/C23H24ClN3O3S/c24-17-6-8-19(9-7-17)29-14-23-27-18(15-31-23)11-21(28)25-12-16-5-10-22(26-13-16)30-20-3-1-2-4-20/h5-10,13,15,20H,1-4,11-12,14H2,(H,25,28). The largest absolute Gasteiger partial charge is 0.486 e. The first-order valence-corrected chi connectivity index (χ1v) is 11.6. The van der Waals surface area contributed by atoms with Crippen molar-refractivity contribution in [1.82, 2.24) is 15.3 Å². The number of benzene rings is 1. The Balaban J connectivity index is 1.19. The summed E-state index contributed by atoms with van der Waals surface area (Å²) in [6.07, 6.45) is 6.93. The van der Waals surface area contributed by atoms with Gasteiger partial charge in [-0.3, -0.25) is 4.79 Å². The summed E-state index contributed by atoms with van der Waals surface area (Å²) in [5.41, 5.74) is 1.66. The monoisotopic (exact) mass is 457 g/mol. The molecule has 0 bridgehead atoms. The first-order chi connectivity index (χ1) is 15.1. The third kappa shape index (κ3) is 6.67. The van der Waals surface area contributed by atoms with Gasteiger partial charge in [-0.25, -0.2) is 9.97 Å². The summed E-state index contributed by atoms with van der Waals surface area (Å²) in [5.74, 6) is 1.30. The van der Waals surface area contributed by atoms with Crippen LogP contribution in [0.5, 0.6) is 11.6 Å². The fourth-order valence-electron chi connectivity index (χ4n) is 3.36. The lowest BCUT2D eigenvalue weighted by Crippen LogP contribution is -2.24. The number of carbonyl (C=O) groups excluding carboxylic acids is 1. The molecule has 0 saturated heterocycles. The molecule has 1 amide bonds. The molecule has 4 rings (SSSR count). The molecule has 3 aromatic rings. The minimum atomic E-state index is -0.0817. The maximum absolute atomic E-state index is 12.3. The van der Waals surface area contributed by atoms with E-state index in [1.54, 1.807) is 18.3 Å². The molecule has 1 aliphatic carbocycles. The lowest BCUT2D eigenvalue weighted by Gasteiger charge is -2.12. The fraction of sp³-hybridized carbons (Fsp3) is 0.348. The number of hydrogen-bond donors (Lipinski definition) is 1. The van der Waals surface area contributed by atoms with Gasteiger partial charge in [0.25, 0.3) is 0 Å². The average molecular weight is 458 g/mol. The zero-order valence-corrected chi connectivity index (χ0v) is 18.6. The van der Waals surface area contributed by atoms with Crippen molar-refractivity contribution in [3.05, 3.63) is 69.3 Å². The van der Waals surface area contributed by atoms with Gasteiger partial charge in [0, 0.05) is 29.2 Å². The molecule has 1 saturated carbocycles. The molecule has 0 atom stereocenters. The van der Waals surface area contributed by atoms with Crippen molar-refractivity contribution in [2.45, 2.75) is 51.4 Å².